The van der Waals surface area contributed by atoms with Gasteiger partial charge in [0.2, 0.25) is 17.7 Å². The van der Waals surface area contributed by atoms with Crippen LogP contribution in [0.1, 0.15) is 23.6 Å². The molecule has 0 aromatic heterocycles. The molecule has 0 unspecified atom stereocenters. The lowest BCUT2D eigenvalue weighted by Crippen LogP contribution is -2.54. The van der Waals surface area contributed by atoms with Crippen molar-refractivity contribution in [3.8, 4) is 5.75 Å². The van der Waals surface area contributed by atoms with Gasteiger partial charge in [0.1, 0.15) is 17.4 Å². The first kappa shape index (κ1) is 28.0. The SMILES string of the molecule is COc1ccc(CNC(=O)[C@H]2[C@H]3C(=O)N(Cc4ccc(Cl)cc4)[C@H](C(=O)NCc4ccccc4)[C@]34C=C[C@@]2(C)O4)cc1. The lowest BCUT2D eigenvalue weighted by molar-refractivity contribution is -0.145. The fraction of sp³-hybridized carbons (Fsp3) is 0.303. The van der Waals surface area contributed by atoms with Crippen LogP contribution in [0.5, 0.6) is 5.75 Å². The molecule has 1 spiro atoms. The fourth-order valence-corrected chi connectivity index (χ4v) is 6.64. The highest BCUT2D eigenvalue weighted by atomic mass is 35.5. The van der Waals surface area contributed by atoms with Gasteiger partial charge in [0, 0.05) is 24.7 Å². The molecule has 9 heteroatoms. The van der Waals surface area contributed by atoms with Crippen LogP contribution in [0.2, 0.25) is 5.02 Å². The van der Waals surface area contributed by atoms with E-state index in [9.17, 15) is 14.4 Å². The van der Waals surface area contributed by atoms with Crippen molar-refractivity contribution in [3.63, 3.8) is 0 Å². The van der Waals surface area contributed by atoms with E-state index in [1.807, 2.05) is 85.8 Å². The second-order valence-corrected chi connectivity index (χ2v) is 11.6. The van der Waals surface area contributed by atoms with E-state index in [2.05, 4.69) is 10.6 Å². The van der Waals surface area contributed by atoms with Crippen molar-refractivity contribution in [1.82, 2.24) is 15.5 Å². The van der Waals surface area contributed by atoms with Crippen LogP contribution in [0.3, 0.4) is 0 Å². The Bertz CT molecular complexity index is 1530. The number of rotatable bonds is 9. The van der Waals surface area contributed by atoms with Crippen LogP contribution in [-0.2, 0) is 38.8 Å². The number of hydrogen-bond donors (Lipinski definition) is 2. The maximum absolute atomic E-state index is 14.2. The molecule has 2 bridgehead atoms. The molecule has 3 aliphatic heterocycles. The highest BCUT2D eigenvalue weighted by Gasteiger charge is 2.76. The predicted octanol–water partition coefficient (Wildman–Crippen LogP) is 4.02. The standard InChI is InChI=1S/C33H32ClN3O5/c1-32-16-17-33(42-32)27(26(32)29(38)35-19-22-10-14-25(41-2)15-11-22)31(40)37(20-23-8-12-24(34)13-9-23)28(33)30(39)36-18-21-6-4-3-5-7-21/h3-17,26-28H,18-20H2,1-2H3,(H,35,38)(H,36,39)/t26-,27+,28-,32-,33+/m1/s1. The molecule has 2 fully saturated rings. The van der Waals surface area contributed by atoms with E-state index in [0.29, 0.717) is 11.6 Å². The lowest BCUT2D eigenvalue weighted by Gasteiger charge is -2.33. The first-order valence-electron chi connectivity index (χ1n) is 13.9. The smallest absolute Gasteiger partial charge is 0.246 e. The first-order chi connectivity index (χ1) is 20.2. The molecule has 2 saturated heterocycles. The molecule has 8 nitrogen and oxygen atoms in total. The molecule has 0 radical (unpaired) electrons. The van der Waals surface area contributed by atoms with Crippen molar-refractivity contribution in [2.75, 3.05) is 7.11 Å². The van der Waals surface area contributed by atoms with Crippen LogP contribution in [0.25, 0.3) is 0 Å². The first-order valence-corrected chi connectivity index (χ1v) is 14.3. The van der Waals surface area contributed by atoms with Crippen molar-refractivity contribution in [2.24, 2.45) is 11.8 Å². The Morgan fingerprint density at radius 3 is 2.17 bits per heavy atom. The third-order valence-corrected chi connectivity index (χ3v) is 8.78. The van der Waals surface area contributed by atoms with Gasteiger partial charge in [0.15, 0.2) is 0 Å². The molecule has 5 atom stereocenters. The van der Waals surface area contributed by atoms with Crippen LogP contribution in [0.15, 0.2) is 91.0 Å². The van der Waals surface area contributed by atoms with Crippen molar-refractivity contribution < 1.29 is 23.9 Å². The molecule has 0 aliphatic carbocycles. The van der Waals surface area contributed by atoms with E-state index >= 15 is 0 Å². The summed E-state index contributed by atoms with van der Waals surface area (Å²) in [5, 5.41) is 6.59. The fourth-order valence-electron chi connectivity index (χ4n) is 6.51. The molecule has 3 aliphatic rings. The van der Waals surface area contributed by atoms with Crippen molar-refractivity contribution >= 4 is 29.3 Å². The summed E-state index contributed by atoms with van der Waals surface area (Å²) < 4.78 is 11.8. The van der Waals surface area contributed by atoms with Crippen molar-refractivity contribution in [2.45, 2.75) is 43.8 Å². The Morgan fingerprint density at radius 2 is 1.50 bits per heavy atom. The number of carbonyl (C=O) groups excluding carboxylic acids is 3. The van der Waals surface area contributed by atoms with Gasteiger partial charge in [-0.1, -0.05) is 78.4 Å². The number of carbonyl (C=O) groups is 3. The number of hydrogen-bond acceptors (Lipinski definition) is 5. The van der Waals surface area contributed by atoms with E-state index in [1.54, 1.807) is 24.1 Å². The summed E-state index contributed by atoms with van der Waals surface area (Å²) in [5.41, 5.74) is 0.332. The molecule has 3 amide bonds. The number of ether oxygens (including phenoxy) is 2. The van der Waals surface area contributed by atoms with Crippen LogP contribution in [0, 0.1) is 11.8 Å². The van der Waals surface area contributed by atoms with Crippen LogP contribution in [-0.4, -0.2) is 47.0 Å². The molecule has 6 rings (SSSR count). The van der Waals surface area contributed by atoms with Gasteiger partial charge in [-0.25, -0.2) is 0 Å². The van der Waals surface area contributed by atoms with Crippen molar-refractivity contribution in [1.29, 1.82) is 0 Å². The quantitative estimate of drug-likeness (QED) is 0.370. The molecular formula is C33H32ClN3O5. The Kier molecular flexibility index (Phi) is 7.29. The topological polar surface area (TPSA) is 97.0 Å². The van der Waals surface area contributed by atoms with E-state index in [-0.39, 0.29) is 30.8 Å². The molecule has 216 valence electrons. The minimum atomic E-state index is -1.28. The minimum absolute atomic E-state index is 0.172. The summed E-state index contributed by atoms with van der Waals surface area (Å²) in [4.78, 5) is 43.5. The van der Waals surface area contributed by atoms with Gasteiger partial charge in [0.05, 0.1) is 24.5 Å². The third kappa shape index (κ3) is 4.84. The summed E-state index contributed by atoms with van der Waals surface area (Å²) in [5.74, 6) is -1.87. The number of likely N-dealkylation sites (tertiary alicyclic amines) is 1. The van der Waals surface area contributed by atoms with Gasteiger partial charge in [-0.05, 0) is 47.9 Å². The zero-order valence-electron chi connectivity index (χ0n) is 23.4. The summed E-state index contributed by atoms with van der Waals surface area (Å²) in [6.45, 7) is 2.56. The maximum Gasteiger partial charge on any atom is 0.246 e. The Balaban J connectivity index is 1.29. The van der Waals surface area contributed by atoms with Gasteiger partial charge >= 0.3 is 0 Å². The Hall–Kier alpha value is -4.14. The summed E-state index contributed by atoms with van der Waals surface area (Å²) in [6.07, 6.45) is 3.65. The van der Waals surface area contributed by atoms with Crippen LogP contribution in [0.4, 0.5) is 0 Å². The summed E-state index contributed by atoms with van der Waals surface area (Å²) >= 11 is 6.10. The number of methoxy groups -OCH3 is 1. The monoisotopic (exact) mass is 585 g/mol. The minimum Gasteiger partial charge on any atom is -0.497 e. The zero-order valence-corrected chi connectivity index (χ0v) is 24.1. The molecule has 3 aromatic rings. The average molecular weight is 586 g/mol. The highest BCUT2D eigenvalue weighted by Crippen LogP contribution is 2.59. The van der Waals surface area contributed by atoms with E-state index < -0.39 is 29.1 Å². The molecule has 0 saturated carbocycles. The second-order valence-electron chi connectivity index (χ2n) is 11.2. The lowest BCUT2D eigenvalue weighted by atomic mass is 9.70. The van der Waals surface area contributed by atoms with E-state index in [4.69, 9.17) is 21.1 Å². The Labute approximate surface area is 249 Å². The van der Waals surface area contributed by atoms with Gasteiger partial charge in [0.25, 0.3) is 0 Å². The number of fused-ring (bicyclic) bond motifs is 1. The van der Waals surface area contributed by atoms with Crippen LogP contribution >= 0.6 is 11.6 Å². The summed E-state index contributed by atoms with van der Waals surface area (Å²) in [7, 11) is 1.60. The number of nitrogens with one attached hydrogen (secondary N) is 2. The number of nitrogens with zero attached hydrogens (tertiary/aromatic N) is 1. The Morgan fingerprint density at radius 1 is 0.881 bits per heavy atom. The number of benzene rings is 3. The molecule has 3 heterocycles. The van der Waals surface area contributed by atoms with Crippen LogP contribution < -0.4 is 15.4 Å². The molecule has 3 aromatic carbocycles. The van der Waals surface area contributed by atoms with Gasteiger partial charge in [-0.2, -0.15) is 0 Å². The third-order valence-electron chi connectivity index (χ3n) is 8.53. The number of amides is 3. The van der Waals surface area contributed by atoms with Gasteiger partial charge in [-0.3, -0.25) is 14.4 Å². The summed E-state index contributed by atoms with van der Waals surface area (Å²) in [6, 6.07) is 23.2. The average Bonchev–Trinajstić information content (AvgIpc) is 3.57. The van der Waals surface area contributed by atoms with Gasteiger partial charge < -0.3 is 25.0 Å². The van der Waals surface area contributed by atoms with E-state index in [0.717, 1.165) is 22.4 Å². The zero-order chi connectivity index (χ0) is 29.5. The predicted molar refractivity (Wildman–Crippen MR) is 157 cm³/mol. The molecule has 42 heavy (non-hydrogen) atoms. The second kappa shape index (κ2) is 10.9. The maximum atomic E-state index is 14.2. The largest absolute Gasteiger partial charge is 0.497 e. The molecular weight excluding hydrogens is 554 g/mol. The van der Waals surface area contributed by atoms with E-state index in [1.165, 1.54) is 0 Å². The highest BCUT2D eigenvalue weighted by molar-refractivity contribution is 6.30. The number of halogens is 1. The normalized spacial score (nSPS) is 27.2. The van der Waals surface area contributed by atoms with Crippen molar-refractivity contribution in [3.05, 3.63) is 113 Å². The van der Waals surface area contributed by atoms with Gasteiger partial charge in [-0.15, -0.1) is 0 Å². The molecule has 2 N–H and O–H groups in total.